The van der Waals surface area contributed by atoms with Crippen molar-refractivity contribution in [2.75, 3.05) is 14.1 Å². The number of carboxylic acids is 1. The standard InChI is InChI=1S/C16H19NO2S2/c1-11-14(16(18)19)15(13(21-11)9-17(2)3)20-10-12-7-5-4-6-8-12/h4-8H,9-10H2,1-3H3,(H,18,19). The van der Waals surface area contributed by atoms with E-state index >= 15 is 0 Å². The van der Waals surface area contributed by atoms with Crippen molar-refractivity contribution in [2.45, 2.75) is 24.1 Å². The fourth-order valence-corrected chi connectivity index (χ4v) is 4.76. The maximum atomic E-state index is 11.5. The van der Waals surface area contributed by atoms with Gasteiger partial charge in [-0.1, -0.05) is 30.3 Å². The molecule has 0 spiro atoms. The highest BCUT2D eigenvalue weighted by Gasteiger charge is 2.21. The monoisotopic (exact) mass is 321 g/mol. The number of rotatable bonds is 6. The van der Waals surface area contributed by atoms with Gasteiger partial charge in [0.1, 0.15) is 0 Å². The predicted molar refractivity (Wildman–Crippen MR) is 89.4 cm³/mol. The van der Waals surface area contributed by atoms with Gasteiger partial charge in [0.25, 0.3) is 0 Å². The van der Waals surface area contributed by atoms with Crippen molar-refractivity contribution < 1.29 is 9.90 Å². The Bertz CT molecular complexity index is 621. The molecule has 0 saturated carbocycles. The van der Waals surface area contributed by atoms with Crippen molar-refractivity contribution in [3.05, 3.63) is 51.2 Å². The Morgan fingerprint density at radius 2 is 1.95 bits per heavy atom. The van der Waals surface area contributed by atoms with Crippen LogP contribution in [0.1, 0.15) is 25.7 Å². The van der Waals surface area contributed by atoms with E-state index in [1.165, 1.54) is 5.56 Å². The fourth-order valence-electron chi connectivity index (χ4n) is 2.10. The number of carbonyl (C=O) groups is 1. The molecular formula is C16H19NO2S2. The van der Waals surface area contributed by atoms with Gasteiger partial charge in [-0.15, -0.1) is 23.1 Å². The van der Waals surface area contributed by atoms with Gasteiger partial charge < -0.3 is 10.0 Å². The van der Waals surface area contributed by atoms with Crippen LogP contribution in [0, 0.1) is 6.92 Å². The average molecular weight is 321 g/mol. The van der Waals surface area contributed by atoms with Crippen LogP contribution in [0.15, 0.2) is 35.2 Å². The Balaban J connectivity index is 2.28. The lowest BCUT2D eigenvalue weighted by molar-refractivity contribution is 0.0693. The van der Waals surface area contributed by atoms with E-state index in [0.29, 0.717) is 5.56 Å². The molecule has 0 amide bonds. The van der Waals surface area contributed by atoms with Crippen molar-refractivity contribution in [3.8, 4) is 0 Å². The molecule has 0 fully saturated rings. The van der Waals surface area contributed by atoms with Gasteiger partial charge >= 0.3 is 5.97 Å². The molecule has 1 N–H and O–H groups in total. The first-order valence-electron chi connectivity index (χ1n) is 6.66. The molecule has 1 aromatic carbocycles. The molecule has 3 nitrogen and oxygen atoms in total. The van der Waals surface area contributed by atoms with E-state index in [-0.39, 0.29) is 0 Å². The molecule has 0 aliphatic carbocycles. The van der Waals surface area contributed by atoms with Gasteiger partial charge in [-0.2, -0.15) is 0 Å². The SMILES string of the molecule is Cc1sc(CN(C)C)c(SCc2ccccc2)c1C(=O)O. The Labute approximate surface area is 133 Å². The lowest BCUT2D eigenvalue weighted by atomic mass is 10.2. The third kappa shape index (κ3) is 4.09. The van der Waals surface area contributed by atoms with E-state index in [4.69, 9.17) is 0 Å². The van der Waals surface area contributed by atoms with E-state index in [2.05, 4.69) is 17.0 Å². The van der Waals surface area contributed by atoms with E-state index in [1.807, 2.05) is 39.2 Å². The summed E-state index contributed by atoms with van der Waals surface area (Å²) in [6.07, 6.45) is 0. The summed E-state index contributed by atoms with van der Waals surface area (Å²) in [6.45, 7) is 2.66. The van der Waals surface area contributed by atoms with Crippen LogP contribution in [0.5, 0.6) is 0 Å². The summed E-state index contributed by atoms with van der Waals surface area (Å²) in [5.41, 5.74) is 1.68. The summed E-state index contributed by atoms with van der Waals surface area (Å²) >= 11 is 3.21. The summed E-state index contributed by atoms with van der Waals surface area (Å²) < 4.78 is 0. The summed E-state index contributed by atoms with van der Waals surface area (Å²) in [4.78, 5) is 16.5. The minimum atomic E-state index is -0.829. The number of benzene rings is 1. The lowest BCUT2D eigenvalue weighted by Crippen LogP contribution is -2.10. The highest BCUT2D eigenvalue weighted by atomic mass is 32.2. The molecule has 0 bridgehead atoms. The van der Waals surface area contributed by atoms with Crippen molar-refractivity contribution in [1.29, 1.82) is 0 Å². The third-order valence-corrected chi connectivity index (χ3v) is 5.44. The van der Waals surface area contributed by atoms with Crippen LogP contribution in [0.3, 0.4) is 0 Å². The van der Waals surface area contributed by atoms with Gasteiger partial charge in [-0.05, 0) is 26.6 Å². The van der Waals surface area contributed by atoms with Crippen molar-refractivity contribution in [2.24, 2.45) is 0 Å². The molecule has 1 heterocycles. The maximum Gasteiger partial charge on any atom is 0.337 e. The molecule has 112 valence electrons. The second kappa shape index (κ2) is 7.11. The molecule has 5 heteroatoms. The van der Waals surface area contributed by atoms with Crippen LogP contribution < -0.4 is 0 Å². The zero-order valence-electron chi connectivity index (χ0n) is 12.4. The number of nitrogens with zero attached hydrogens (tertiary/aromatic N) is 1. The van der Waals surface area contributed by atoms with Crippen LogP contribution in [-0.2, 0) is 12.3 Å². The predicted octanol–water partition coefficient (Wildman–Crippen LogP) is 4.11. The molecule has 1 aromatic heterocycles. The third-order valence-electron chi connectivity index (χ3n) is 3.01. The lowest BCUT2D eigenvalue weighted by Gasteiger charge is -2.10. The minimum Gasteiger partial charge on any atom is -0.478 e. The number of aromatic carboxylic acids is 1. The first-order chi connectivity index (χ1) is 9.99. The van der Waals surface area contributed by atoms with Crippen LogP contribution in [0.25, 0.3) is 0 Å². The number of thiophene rings is 1. The zero-order chi connectivity index (χ0) is 15.4. The second-order valence-electron chi connectivity index (χ2n) is 5.10. The summed E-state index contributed by atoms with van der Waals surface area (Å²) in [7, 11) is 4.00. The molecule has 0 radical (unpaired) electrons. The smallest absolute Gasteiger partial charge is 0.337 e. The second-order valence-corrected chi connectivity index (χ2v) is 7.40. The highest BCUT2D eigenvalue weighted by molar-refractivity contribution is 7.98. The van der Waals surface area contributed by atoms with Crippen molar-refractivity contribution in [3.63, 3.8) is 0 Å². The first-order valence-corrected chi connectivity index (χ1v) is 8.46. The Kier molecular flexibility index (Phi) is 5.45. The maximum absolute atomic E-state index is 11.5. The van der Waals surface area contributed by atoms with Gasteiger partial charge in [0.05, 0.1) is 5.56 Å². The fraction of sp³-hybridized carbons (Fsp3) is 0.312. The zero-order valence-corrected chi connectivity index (χ0v) is 14.1. The number of hydrogen-bond donors (Lipinski definition) is 1. The minimum absolute atomic E-state index is 0.470. The molecule has 0 atom stereocenters. The van der Waals surface area contributed by atoms with Crippen LogP contribution in [0.2, 0.25) is 0 Å². The van der Waals surface area contributed by atoms with Gasteiger partial charge in [0.15, 0.2) is 0 Å². The molecule has 21 heavy (non-hydrogen) atoms. The number of hydrogen-bond acceptors (Lipinski definition) is 4. The quantitative estimate of drug-likeness (QED) is 0.813. The number of carboxylic acid groups (broad SMARTS) is 1. The van der Waals surface area contributed by atoms with E-state index in [9.17, 15) is 9.90 Å². The topological polar surface area (TPSA) is 40.5 Å². The largest absolute Gasteiger partial charge is 0.478 e. The number of aryl methyl sites for hydroxylation is 1. The first kappa shape index (κ1) is 16.1. The average Bonchev–Trinajstić information content (AvgIpc) is 2.72. The highest BCUT2D eigenvalue weighted by Crippen LogP contribution is 2.38. The summed E-state index contributed by atoms with van der Waals surface area (Å²) in [6, 6.07) is 10.1. The van der Waals surface area contributed by atoms with Crippen LogP contribution in [-0.4, -0.2) is 30.1 Å². The molecule has 0 saturated heterocycles. The Morgan fingerprint density at radius 3 is 2.52 bits per heavy atom. The molecule has 2 aromatic rings. The van der Waals surface area contributed by atoms with Crippen molar-refractivity contribution >= 4 is 29.1 Å². The van der Waals surface area contributed by atoms with Crippen molar-refractivity contribution in [1.82, 2.24) is 4.90 Å². The van der Waals surface area contributed by atoms with Gasteiger partial charge in [-0.3, -0.25) is 0 Å². The van der Waals surface area contributed by atoms with Crippen LogP contribution >= 0.6 is 23.1 Å². The van der Waals surface area contributed by atoms with Gasteiger partial charge in [0.2, 0.25) is 0 Å². The summed E-state index contributed by atoms with van der Waals surface area (Å²) in [5.74, 6) is -0.0399. The van der Waals surface area contributed by atoms with E-state index in [1.54, 1.807) is 23.1 Å². The Hall–Kier alpha value is -1.30. The molecule has 0 aliphatic rings. The van der Waals surface area contributed by atoms with E-state index < -0.39 is 5.97 Å². The molecule has 0 aliphatic heterocycles. The number of thioether (sulfide) groups is 1. The van der Waals surface area contributed by atoms with Gasteiger partial charge in [0, 0.05) is 26.9 Å². The van der Waals surface area contributed by atoms with Gasteiger partial charge in [-0.25, -0.2) is 4.79 Å². The van der Waals surface area contributed by atoms with E-state index in [0.717, 1.165) is 26.9 Å². The molecular weight excluding hydrogens is 302 g/mol. The van der Waals surface area contributed by atoms with Crippen LogP contribution in [0.4, 0.5) is 0 Å². The normalized spacial score (nSPS) is 11.0. The Morgan fingerprint density at radius 1 is 1.29 bits per heavy atom. The summed E-state index contributed by atoms with van der Waals surface area (Å²) in [5, 5.41) is 9.47. The molecule has 0 unspecified atom stereocenters. The molecule has 2 rings (SSSR count).